The molecule has 0 aromatic heterocycles. The molecule has 5 aliphatic rings. The Morgan fingerprint density at radius 1 is 0.386 bits per heavy atom. The van der Waals surface area contributed by atoms with Gasteiger partial charge in [-0.2, -0.15) is 0 Å². The first-order chi connectivity index (χ1) is 38.8. The number of rotatable bonds is 6. The van der Waals surface area contributed by atoms with Gasteiger partial charge in [0.1, 0.15) is 0 Å². The molecule has 2 heterocycles. The molecule has 83 heavy (non-hydrogen) atoms. The first-order valence-corrected chi connectivity index (χ1v) is 31.2. The van der Waals surface area contributed by atoms with Crippen molar-refractivity contribution in [1.29, 1.82) is 0 Å². The van der Waals surface area contributed by atoms with Crippen molar-refractivity contribution >= 4 is 74.3 Å². The standard InChI is InChI=1S/C79H90BN3/c1-49-39-69-71-70(40-49)83(66-36-27-52(73(5,6)7)41-57(66)50-23-21-20-22-24-50)68-46-63-62(74(8,9)37-38-75(63,10)11)45-65(68)80(71)64-35-32-56(44-67(64)82(69)53-28-25-51(26-29-53)72(2,3)4)81(54-30-33-58-60(42-54)78(16,17)47-76(58,12)13)55-31-34-59-61(43-55)79(18,19)48-77(59,14)15/h20-36,39-46H,37-38,47-48H2,1-19H3. The summed E-state index contributed by atoms with van der Waals surface area (Å²) < 4.78 is 0. The molecule has 0 atom stereocenters. The zero-order valence-electron chi connectivity index (χ0n) is 53.7. The highest BCUT2D eigenvalue weighted by Crippen LogP contribution is 2.56. The Bertz CT molecular complexity index is 3890. The molecule has 0 N–H and O–H groups in total. The minimum absolute atomic E-state index is 0.00355. The summed E-state index contributed by atoms with van der Waals surface area (Å²) in [6.07, 6.45) is 4.54. The molecule has 4 heteroatoms. The van der Waals surface area contributed by atoms with Gasteiger partial charge in [-0.15, -0.1) is 0 Å². The number of hydrogen-bond acceptors (Lipinski definition) is 3. The molecule has 424 valence electrons. The van der Waals surface area contributed by atoms with E-state index in [9.17, 15) is 0 Å². The van der Waals surface area contributed by atoms with Crippen LogP contribution >= 0.6 is 0 Å². The molecule has 0 unspecified atom stereocenters. The minimum Gasteiger partial charge on any atom is -0.311 e. The molecular formula is C79H90BN3. The number of anilines is 9. The highest BCUT2D eigenvalue weighted by molar-refractivity contribution is 7.00. The molecule has 0 radical (unpaired) electrons. The van der Waals surface area contributed by atoms with Crippen LogP contribution in [0.25, 0.3) is 11.1 Å². The fraction of sp³-hybridized carbons (Fsp3) is 0.392. The average Bonchev–Trinajstić information content (AvgIpc) is 2.45. The van der Waals surface area contributed by atoms with Gasteiger partial charge in [-0.25, -0.2) is 0 Å². The van der Waals surface area contributed by atoms with Gasteiger partial charge in [-0.1, -0.05) is 197 Å². The predicted octanol–water partition coefficient (Wildman–Crippen LogP) is 20.1. The summed E-state index contributed by atoms with van der Waals surface area (Å²) in [5, 5.41) is 0. The van der Waals surface area contributed by atoms with E-state index in [1.807, 2.05) is 0 Å². The van der Waals surface area contributed by atoms with Crippen LogP contribution in [-0.4, -0.2) is 6.71 Å². The van der Waals surface area contributed by atoms with Crippen molar-refractivity contribution in [1.82, 2.24) is 0 Å². The van der Waals surface area contributed by atoms with Crippen molar-refractivity contribution in [2.24, 2.45) is 0 Å². The molecule has 2 aliphatic heterocycles. The smallest absolute Gasteiger partial charge is 0.252 e. The minimum atomic E-state index is -0.0411. The van der Waals surface area contributed by atoms with Gasteiger partial charge in [0.25, 0.3) is 6.71 Å². The molecule has 0 amide bonds. The van der Waals surface area contributed by atoms with Gasteiger partial charge in [0, 0.05) is 51.1 Å². The van der Waals surface area contributed by atoms with Crippen molar-refractivity contribution in [2.45, 2.75) is 201 Å². The van der Waals surface area contributed by atoms with Crippen LogP contribution in [0, 0.1) is 6.92 Å². The Morgan fingerprint density at radius 2 is 0.855 bits per heavy atom. The molecular weight excluding hydrogens is 1000 g/mol. The predicted molar refractivity (Wildman–Crippen MR) is 359 cm³/mol. The second-order valence-corrected chi connectivity index (χ2v) is 32.1. The largest absolute Gasteiger partial charge is 0.311 e. The van der Waals surface area contributed by atoms with Crippen LogP contribution in [0.5, 0.6) is 0 Å². The zero-order chi connectivity index (χ0) is 59.1. The Hall–Kier alpha value is -6.78. The molecule has 13 rings (SSSR count). The second-order valence-electron chi connectivity index (χ2n) is 32.1. The Kier molecular flexibility index (Phi) is 12.1. The third-order valence-corrected chi connectivity index (χ3v) is 20.8. The van der Waals surface area contributed by atoms with E-state index in [0.29, 0.717) is 0 Å². The van der Waals surface area contributed by atoms with Crippen molar-refractivity contribution in [2.75, 3.05) is 14.7 Å². The maximum Gasteiger partial charge on any atom is 0.252 e. The van der Waals surface area contributed by atoms with E-state index >= 15 is 0 Å². The molecule has 0 bridgehead atoms. The fourth-order valence-corrected chi connectivity index (χ4v) is 16.7. The molecule has 0 saturated carbocycles. The van der Waals surface area contributed by atoms with E-state index < -0.39 is 0 Å². The second kappa shape index (κ2) is 18.1. The quantitative estimate of drug-likeness (QED) is 0.154. The van der Waals surface area contributed by atoms with Crippen LogP contribution in [0.15, 0.2) is 152 Å². The van der Waals surface area contributed by atoms with E-state index in [4.69, 9.17) is 0 Å². The number of hydrogen-bond donors (Lipinski definition) is 0. The molecule has 3 aliphatic carbocycles. The van der Waals surface area contributed by atoms with Crippen LogP contribution < -0.4 is 31.1 Å². The van der Waals surface area contributed by atoms with E-state index in [1.165, 1.54) is 129 Å². The van der Waals surface area contributed by atoms with Gasteiger partial charge in [-0.05, 0) is 227 Å². The van der Waals surface area contributed by atoms with Crippen molar-refractivity contribution < 1.29 is 0 Å². The van der Waals surface area contributed by atoms with Gasteiger partial charge < -0.3 is 14.7 Å². The number of aryl methyl sites for hydroxylation is 1. The van der Waals surface area contributed by atoms with Crippen LogP contribution in [0.1, 0.15) is 200 Å². The summed E-state index contributed by atoms with van der Waals surface area (Å²) in [5.74, 6) is 0. The summed E-state index contributed by atoms with van der Waals surface area (Å²) in [4.78, 5) is 7.94. The molecule has 0 spiro atoms. The maximum absolute atomic E-state index is 2.70. The number of nitrogens with zero attached hydrogens (tertiary/aromatic N) is 3. The molecule has 3 nitrogen and oxygen atoms in total. The van der Waals surface area contributed by atoms with Crippen LogP contribution in [0.3, 0.4) is 0 Å². The first kappa shape index (κ1) is 55.4. The lowest BCUT2D eigenvalue weighted by Gasteiger charge is -2.48. The highest BCUT2D eigenvalue weighted by Gasteiger charge is 2.49. The average molecular weight is 1090 g/mol. The lowest BCUT2D eigenvalue weighted by Crippen LogP contribution is -2.62. The Balaban J connectivity index is 1.12. The van der Waals surface area contributed by atoms with Gasteiger partial charge in [-0.3, -0.25) is 0 Å². The van der Waals surface area contributed by atoms with Crippen LogP contribution in [0.2, 0.25) is 0 Å². The third kappa shape index (κ3) is 8.79. The third-order valence-electron chi connectivity index (χ3n) is 20.8. The van der Waals surface area contributed by atoms with E-state index in [0.717, 1.165) is 25.7 Å². The first-order valence-electron chi connectivity index (χ1n) is 31.2. The lowest BCUT2D eigenvalue weighted by molar-refractivity contribution is 0.332. The summed E-state index contributed by atoms with van der Waals surface area (Å²) in [6, 6.07) is 60.8. The summed E-state index contributed by atoms with van der Waals surface area (Å²) in [5.41, 5.74) is 30.5. The van der Waals surface area contributed by atoms with Gasteiger partial charge in [0.05, 0.1) is 5.69 Å². The Labute approximate surface area is 499 Å². The van der Waals surface area contributed by atoms with Crippen molar-refractivity contribution in [3.05, 3.63) is 202 Å². The van der Waals surface area contributed by atoms with Gasteiger partial charge in [0.2, 0.25) is 0 Å². The van der Waals surface area contributed by atoms with Gasteiger partial charge in [0.15, 0.2) is 0 Å². The molecule has 8 aromatic rings. The topological polar surface area (TPSA) is 9.72 Å². The fourth-order valence-electron chi connectivity index (χ4n) is 16.7. The van der Waals surface area contributed by atoms with Crippen LogP contribution in [0.4, 0.5) is 51.2 Å². The molecule has 0 saturated heterocycles. The maximum atomic E-state index is 2.70. The monoisotopic (exact) mass is 1090 g/mol. The molecule has 8 aromatic carbocycles. The normalized spacial score (nSPS) is 18.9. The Morgan fingerprint density at radius 3 is 1.41 bits per heavy atom. The SMILES string of the molecule is Cc1cc2c3c(c1)N(c1ccc(C(C)(C)C)cc1-c1ccccc1)c1cc4c(cc1B3c1ccc(N(c3ccc5c(c3)C(C)(C)CC5(C)C)c3ccc5c(c3)C(C)(C)CC5(C)C)cc1N2c1ccc(C(C)(C)C)cc1)C(C)(C)CCC4(C)C. The lowest BCUT2D eigenvalue weighted by atomic mass is 9.33. The van der Waals surface area contributed by atoms with Crippen molar-refractivity contribution in [3.63, 3.8) is 0 Å². The van der Waals surface area contributed by atoms with Crippen LogP contribution in [-0.2, 0) is 43.3 Å². The van der Waals surface area contributed by atoms with Crippen molar-refractivity contribution in [3.8, 4) is 11.1 Å². The summed E-state index contributed by atoms with van der Waals surface area (Å²) in [6.45, 7) is 45.8. The number of benzene rings is 8. The molecule has 0 fully saturated rings. The van der Waals surface area contributed by atoms with Gasteiger partial charge >= 0.3 is 0 Å². The summed E-state index contributed by atoms with van der Waals surface area (Å²) in [7, 11) is 0. The van der Waals surface area contributed by atoms with E-state index in [-0.39, 0.29) is 50.0 Å². The van der Waals surface area contributed by atoms with E-state index in [2.05, 4.69) is 298 Å². The zero-order valence-corrected chi connectivity index (χ0v) is 53.7. The number of fused-ring (bicyclic) bond motifs is 7. The van der Waals surface area contributed by atoms with E-state index in [1.54, 1.807) is 0 Å². The summed E-state index contributed by atoms with van der Waals surface area (Å²) >= 11 is 0. The highest BCUT2D eigenvalue weighted by atomic mass is 15.2.